The van der Waals surface area contributed by atoms with Gasteiger partial charge in [-0.05, 0) is 67.9 Å². The van der Waals surface area contributed by atoms with Crippen molar-refractivity contribution < 1.29 is 22.7 Å². The normalized spacial score (nSPS) is 11.3. The van der Waals surface area contributed by atoms with Gasteiger partial charge in [-0.15, -0.1) is 0 Å². The number of hydrogen-bond acceptors (Lipinski definition) is 6. The number of nitrogens with zero attached hydrogens (tertiary/aromatic N) is 1. The molecule has 0 saturated heterocycles. The van der Waals surface area contributed by atoms with Gasteiger partial charge in [0.2, 0.25) is 10.0 Å². The number of esters is 1. The number of rotatable bonds is 8. The highest BCUT2D eigenvalue weighted by atomic mass is 32.2. The fraction of sp³-hybridized carbons (Fsp3) is 0.125. The Kier molecular flexibility index (Phi) is 7.70. The molecule has 0 aliphatic rings. The van der Waals surface area contributed by atoms with Gasteiger partial charge in [-0.1, -0.05) is 35.4 Å². The summed E-state index contributed by atoms with van der Waals surface area (Å²) in [5, 5.41) is 3.81. The van der Waals surface area contributed by atoms with E-state index in [-0.39, 0.29) is 4.90 Å². The van der Waals surface area contributed by atoms with Gasteiger partial charge in [0, 0.05) is 0 Å². The number of sulfonamides is 1. The number of benzene rings is 3. The van der Waals surface area contributed by atoms with E-state index in [9.17, 15) is 18.0 Å². The lowest BCUT2D eigenvalue weighted by atomic mass is 10.1. The van der Waals surface area contributed by atoms with Crippen molar-refractivity contribution in [3.05, 3.63) is 95.1 Å². The third-order valence-electron chi connectivity index (χ3n) is 4.53. The van der Waals surface area contributed by atoms with E-state index in [0.29, 0.717) is 16.9 Å². The van der Waals surface area contributed by atoms with Gasteiger partial charge in [0.1, 0.15) is 5.75 Å². The molecular weight excluding hydrogens is 442 g/mol. The summed E-state index contributed by atoms with van der Waals surface area (Å²) in [5.41, 5.74) is 5.33. The first kappa shape index (κ1) is 23.8. The summed E-state index contributed by atoms with van der Waals surface area (Å²) in [7, 11) is -3.79. The average molecular weight is 466 g/mol. The Morgan fingerprint density at radius 1 is 0.879 bits per heavy atom. The van der Waals surface area contributed by atoms with Gasteiger partial charge < -0.3 is 4.74 Å². The molecule has 170 valence electrons. The molecule has 0 fully saturated rings. The maximum Gasteiger partial charge on any atom is 0.343 e. The van der Waals surface area contributed by atoms with E-state index >= 15 is 0 Å². The highest BCUT2D eigenvalue weighted by molar-refractivity contribution is 7.89. The first-order valence-corrected chi connectivity index (χ1v) is 11.5. The van der Waals surface area contributed by atoms with Crippen LogP contribution < -0.4 is 14.9 Å². The van der Waals surface area contributed by atoms with E-state index in [1.165, 1.54) is 18.3 Å². The molecule has 0 saturated carbocycles. The Morgan fingerprint density at radius 2 is 1.45 bits per heavy atom. The fourth-order valence-corrected chi connectivity index (χ4v) is 3.64. The van der Waals surface area contributed by atoms with Crippen molar-refractivity contribution in [2.24, 2.45) is 5.10 Å². The minimum absolute atomic E-state index is 0.0765. The number of ether oxygens (including phenoxy) is 1. The topological polar surface area (TPSA) is 114 Å². The quantitative estimate of drug-likeness (QED) is 0.230. The first-order valence-electron chi connectivity index (χ1n) is 10.00. The molecule has 9 heteroatoms. The third-order valence-corrected chi connectivity index (χ3v) is 5.95. The number of carbonyl (C=O) groups excluding carboxylic acids is 2. The Balaban J connectivity index is 1.47. The molecule has 0 aliphatic carbocycles. The van der Waals surface area contributed by atoms with Gasteiger partial charge in [0.15, 0.2) is 0 Å². The Hall–Kier alpha value is -3.82. The highest BCUT2D eigenvalue weighted by Crippen LogP contribution is 2.14. The molecule has 0 bridgehead atoms. The monoisotopic (exact) mass is 465 g/mol. The van der Waals surface area contributed by atoms with E-state index < -0.39 is 28.4 Å². The van der Waals surface area contributed by atoms with Crippen LogP contribution in [0.15, 0.2) is 82.8 Å². The summed E-state index contributed by atoms with van der Waals surface area (Å²) in [6.45, 7) is 3.32. The molecule has 0 aliphatic heterocycles. The minimum Gasteiger partial charge on any atom is -0.423 e. The SMILES string of the molecule is Cc1ccc(C(=O)Oc2ccc(C=NNC(=O)CNS(=O)(=O)c3ccc(C)cc3)cc2)cc1. The molecular formula is C24H23N3O5S. The molecule has 33 heavy (non-hydrogen) atoms. The number of hydrazone groups is 1. The molecule has 0 heterocycles. The van der Waals surface area contributed by atoms with Crippen LogP contribution in [-0.4, -0.2) is 33.1 Å². The Labute approximate surface area is 192 Å². The van der Waals surface area contributed by atoms with Gasteiger partial charge in [-0.25, -0.2) is 23.4 Å². The van der Waals surface area contributed by atoms with E-state index in [1.54, 1.807) is 48.5 Å². The van der Waals surface area contributed by atoms with E-state index in [1.807, 2.05) is 26.0 Å². The van der Waals surface area contributed by atoms with Crippen LogP contribution in [-0.2, 0) is 14.8 Å². The summed E-state index contributed by atoms with van der Waals surface area (Å²) in [5.74, 6) is -0.713. The van der Waals surface area contributed by atoms with Crippen LogP contribution in [0, 0.1) is 13.8 Å². The zero-order valence-electron chi connectivity index (χ0n) is 18.1. The van der Waals surface area contributed by atoms with Crippen molar-refractivity contribution in [3.63, 3.8) is 0 Å². The first-order chi connectivity index (χ1) is 15.7. The number of amides is 1. The molecule has 2 N–H and O–H groups in total. The summed E-state index contributed by atoms with van der Waals surface area (Å²) < 4.78 is 31.9. The summed E-state index contributed by atoms with van der Waals surface area (Å²) >= 11 is 0. The molecule has 0 unspecified atom stereocenters. The van der Waals surface area contributed by atoms with E-state index in [4.69, 9.17) is 4.74 Å². The van der Waals surface area contributed by atoms with Crippen molar-refractivity contribution in [2.45, 2.75) is 18.7 Å². The average Bonchev–Trinajstić information content (AvgIpc) is 2.80. The molecule has 3 aromatic rings. The van der Waals surface area contributed by atoms with Crippen molar-refractivity contribution >= 4 is 28.1 Å². The van der Waals surface area contributed by atoms with Crippen molar-refractivity contribution in [3.8, 4) is 5.75 Å². The van der Waals surface area contributed by atoms with Crippen LogP contribution in [0.3, 0.4) is 0 Å². The second kappa shape index (κ2) is 10.7. The van der Waals surface area contributed by atoms with Crippen molar-refractivity contribution in [1.82, 2.24) is 10.1 Å². The zero-order valence-corrected chi connectivity index (χ0v) is 18.9. The molecule has 0 radical (unpaired) electrons. The van der Waals surface area contributed by atoms with Crippen LogP contribution in [0.1, 0.15) is 27.0 Å². The summed E-state index contributed by atoms with van der Waals surface area (Å²) in [6.07, 6.45) is 1.39. The fourth-order valence-electron chi connectivity index (χ4n) is 2.66. The van der Waals surface area contributed by atoms with Crippen LogP contribution in [0.25, 0.3) is 0 Å². The maximum atomic E-state index is 12.2. The Morgan fingerprint density at radius 3 is 2.06 bits per heavy atom. The van der Waals surface area contributed by atoms with E-state index in [2.05, 4.69) is 15.2 Å². The molecule has 0 atom stereocenters. The van der Waals surface area contributed by atoms with Crippen LogP contribution >= 0.6 is 0 Å². The second-order valence-electron chi connectivity index (χ2n) is 7.26. The largest absolute Gasteiger partial charge is 0.423 e. The number of hydrogen-bond donors (Lipinski definition) is 2. The molecule has 3 aromatic carbocycles. The number of carbonyl (C=O) groups is 2. The minimum atomic E-state index is -3.79. The zero-order chi connectivity index (χ0) is 23.8. The standard InChI is InChI=1S/C24H23N3O5S/c1-17-3-9-20(10-4-17)24(29)32-21-11-7-19(8-12-21)15-25-27-23(28)16-26-33(30,31)22-13-5-18(2)6-14-22/h3-15,26H,16H2,1-2H3,(H,27,28). The van der Waals surface area contributed by atoms with Crippen LogP contribution in [0.5, 0.6) is 5.75 Å². The summed E-state index contributed by atoms with van der Waals surface area (Å²) in [6, 6.07) is 19.9. The second-order valence-corrected chi connectivity index (χ2v) is 9.02. The van der Waals surface area contributed by atoms with Gasteiger partial charge >= 0.3 is 5.97 Å². The van der Waals surface area contributed by atoms with Crippen LogP contribution in [0.4, 0.5) is 0 Å². The van der Waals surface area contributed by atoms with Gasteiger partial charge in [0.25, 0.3) is 5.91 Å². The van der Waals surface area contributed by atoms with Gasteiger partial charge in [0.05, 0.1) is 23.2 Å². The lowest BCUT2D eigenvalue weighted by molar-refractivity contribution is -0.119. The molecule has 0 spiro atoms. The Bertz CT molecular complexity index is 1250. The number of nitrogens with one attached hydrogen (secondary N) is 2. The van der Waals surface area contributed by atoms with Crippen molar-refractivity contribution in [1.29, 1.82) is 0 Å². The summed E-state index contributed by atoms with van der Waals surface area (Å²) in [4.78, 5) is 24.1. The number of aryl methyl sites for hydroxylation is 2. The highest BCUT2D eigenvalue weighted by Gasteiger charge is 2.15. The smallest absolute Gasteiger partial charge is 0.343 e. The van der Waals surface area contributed by atoms with Gasteiger partial charge in [-0.2, -0.15) is 5.10 Å². The van der Waals surface area contributed by atoms with Gasteiger partial charge in [-0.3, -0.25) is 4.79 Å². The molecule has 8 nitrogen and oxygen atoms in total. The molecule has 3 rings (SSSR count). The van der Waals surface area contributed by atoms with E-state index in [0.717, 1.165) is 11.1 Å². The molecule has 1 amide bonds. The maximum absolute atomic E-state index is 12.2. The van der Waals surface area contributed by atoms with Crippen molar-refractivity contribution in [2.75, 3.05) is 6.54 Å². The third kappa shape index (κ3) is 7.09. The van der Waals surface area contributed by atoms with Crippen LogP contribution in [0.2, 0.25) is 0 Å². The predicted octanol–water partition coefficient (Wildman–Crippen LogP) is 2.95. The molecule has 0 aromatic heterocycles. The lowest BCUT2D eigenvalue weighted by Gasteiger charge is -2.06. The lowest BCUT2D eigenvalue weighted by Crippen LogP contribution is -2.34. The predicted molar refractivity (Wildman–Crippen MR) is 125 cm³/mol.